The molecule has 0 aliphatic carbocycles. The molecule has 0 heterocycles. The molecule has 2 heteroatoms. The van der Waals surface area contributed by atoms with E-state index in [-0.39, 0.29) is 0 Å². The first-order chi connectivity index (χ1) is 21.2. The molecular formula is C41H32N2. The Hall–Kier alpha value is -5.60. The molecular weight excluding hydrogens is 520 g/mol. The molecule has 0 atom stereocenters. The van der Waals surface area contributed by atoms with Gasteiger partial charge in [-0.25, -0.2) is 0 Å². The average Bonchev–Trinajstić information content (AvgIpc) is 3.09. The van der Waals surface area contributed by atoms with E-state index in [1.807, 2.05) is 0 Å². The van der Waals surface area contributed by atoms with Crippen LogP contribution in [0, 0.1) is 0 Å². The van der Waals surface area contributed by atoms with Crippen molar-refractivity contribution >= 4 is 39.2 Å². The van der Waals surface area contributed by atoms with Crippen LogP contribution >= 0.6 is 0 Å². The summed E-state index contributed by atoms with van der Waals surface area (Å²) in [6.45, 7) is 0. The van der Waals surface area contributed by atoms with E-state index in [4.69, 9.17) is 0 Å². The van der Waals surface area contributed by atoms with E-state index in [0.717, 1.165) is 28.4 Å². The number of anilines is 5. The standard InChI is InChI=1S/C41H32N2/c1-42(40-18-10-17-36(29-40)32-13-6-3-7-14-32)37-25-27-39(28-26-37)43(41-24-21-33-15-8-9-16-35(33)30-41)38-22-19-34(20-23-38)31-11-4-2-5-12-31/h2-30H,1H3. The normalized spacial score (nSPS) is 10.9. The quantitative estimate of drug-likeness (QED) is 0.194. The number of hydrogen-bond donors (Lipinski definition) is 0. The molecule has 0 N–H and O–H groups in total. The number of fused-ring (bicyclic) bond motifs is 1. The molecule has 0 bridgehead atoms. The highest BCUT2D eigenvalue weighted by Gasteiger charge is 2.15. The molecule has 0 amide bonds. The molecule has 0 fully saturated rings. The maximum absolute atomic E-state index is 2.33. The third-order valence-corrected chi connectivity index (χ3v) is 8.06. The SMILES string of the molecule is CN(c1ccc(N(c2ccc(-c3ccccc3)cc2)c2ccc3ccccc3c2)cc1)c1cccc(-c2ccccc2)c1. The lowest BCUT2D eigenvalue weighted by molar-refractivity contribution is 1.20. The summed E-state index contributed by atoms with van der Waals surface area (Å²) in [5.74, 6) is 0. The predicted molar refractivity (Wildman–Crippen MR) is 184 cm³/mol. The lowest BCUT2D eigenvalue weighted by Gasteiger charge is -2.27. The Morgan fingerprint density at radius 2 is 0.791 bits per heavy atom. The summed E-state index contributed by atoms with van der Waals surface area (Å²) < 4.78 is 0. The van der Waals surface area contributed by atoms with Crippen LogP contribution in [-0.4, -0.2) is 7.05 Å². The van der Waals surface area contributed by atoms with Crippen LogP contribution in [0.15, 0.2) is 176 Å². The molecule has 2 nitrogen and oxygen atoms in total. The van der Waals surface area contributed by atoms with Gasteiger partial charge in [0.1, 0.15) is 0 Å². The second kappa shape index (κ2) is 11.7. The van der Waals surface area contributed by atoms with Crippen LogP contribution < -0.4 is 9.80 Å². The number of hydrogen-bond acceptors (Lipinski definition) is 2. The third kappa shape index (κ3) is 5.51. The van der Waals surface area contributed by atoms with E-state index in [1.165, 1.54) is 33.0 Å². The van der Waals surface area contributed by atoms with Crippen LogP contribution in [0.3, 0.4) is 0 Å². The largest absolute Gasteiger partial charge is 0.345 e. The molecule has 43 heavy (non-hydrogen) atoms. The Morgan fingerprint density at radius 1 is 0.302 bits per heavy atom. The van der Waals surface area contributed by atoms with Gasteiger partial charge in [-0.05, 0) is 93.7 Å². The van der Waals surface area contributed by atoms with Crippen molar-refractivity contribution in [2.24, 2.45) is 0 Å². The summed E-state index contributed by atoms with van der Waals surface area (Å²) in [4.78, 5) is 4.58. The monoisotopic (exact) mass is 552 g/mol. The zero-order chi connectivity index (χ0) is 29.0. The maximum Gasteiger partial charge on any atom is 0.0468 e. The first-order valence-electron chi connectivity index (χ1n) is 14.7. The summed E-state index contributed by atoms with van der Waals surface area (Å²) in [7, 11) is 2.13. The fourth-order valence-corrected chi connectivity index (χ4v) is 5.70. The van der Waals surface area contributed by atoms with Crippen LogP contribution in [0.5, 0.6) is 0 Å². The zero-order valence-electron chi connectivity index (χ0n) is 24.1. The molecule has 206 valence electrons. The van der Waals surface area contributed by atoms with Crippen molar-refractivity contribution in [2.75, 3.05) is 16.8 Å². The topological polar surface area (TPSA) is 6.48 Å². The minimum Gasteiger partial charge on any atom is -0.345 e. The highest BCUT2D eigenvalue weighted by molar-refractivity contribution is 5.89. The Labute approximate surface area is 253 Å². The molecule has 0 aliphatic rings. The lowest BCUT2D eigenvalue weighted by Crippen LogP contribution is -2.12. The summed E-state index contributed by atoms with van der Waals surface area (Å²) in [5.41, 5.74) is 10.5. The van der Waals surface area contributed by atoms with Gasteiger partial charge in [0.25, 0.3) is 0 Å². The number of benzene rings is 7. The van der Waals surface area contributed by atoms with Gasteiger partial charge in [0.2, 0.25) is 0 Å². The molecule has 0 unspecified atom stereocenters. The minimum atomic E-state index is 1.11. The Morgan fingerprint density at radius 3 is 1.47 bits per heavy atom. The van der Waals surface area contributed by atoms with E-state index in [2.05, 4.69) is 193 Å². The second-order valence-electron chi connectivity index (χ2n) is 10.8. The van der Waals surface area contributed by atoms with Crippen LogP contribution in [0.2, 0.25) is 0 Å². The van der Waals surface area contributed by atoms with Crippen molar-refractivity contribution in [2.45, 2.75) is 0 Å². The summed E-state index contributed by atoms with van der Waals surface area (Å²) in [5, 5.41) is 2.46. The first kappa shape index (κ1) is 26.3. The fraction of sp³-hybridized carbons (Fsp3) is 0.0244. The van der Waals surface area contributed by atoms with Crippen molar-refractivity contribution in [1.29, 1.82) is 0 Å². The maximum atomic E-state index is 2.33. The Bertz CT molecular complexity index is 1960. The van der Waals surface area contributed by atoms with E-state index in [1.54, 1.807) is 0 Å². The van der Waals surface area contributed by atoms with E-state index >= 15 is 0 Å². The van der Waals surface area contributed by atoms with Crippen molar-refractivity contribution in [3.05, 3.63) is 176 Å². The van der Waals surface area contributed by atoms with Crippen LogP contribution in [0.25, 0.3) is 33.0 Å². The Kier molecular flexibility index (Phi) is 7.17. The zero-order valence-corrected chi connectivity index (χ0v) is 24.1. The molecule has 0 saturated carbocycles. The number of rotatable bonds is 7. The smallest absolute Gasteiger partial charge is 0.0468 e. The average molecular weight is 553 g/mol. The molecule has 0 saturated heterocycles. The van der Waals surface area contributed by atoms with Crippen molar-refractivity contribution in [3.8, 4) is 22.3 Å². The summed E-state index contributed by atoms with van der Waals surface area (Å²) in [6, 6.07) is 62.7. The van der Waals surface area contributed by atoms with Crippen LogP contribution in [0.1, 0.15) is 0 Å². The third-order valence-electron chi connectivity index (χ3n) is 8.06. The molecule has 7 aromatic rings. The van der Waals surface area contributed by atoms with Gasteiger partial charge < -0.3 is 9.80 Å². The van der Waals surface area contributed by atoms with Gasteiger partial charge >= 0.3 is 0 Å². The van der Waals surface area contributed by atoms with Crippen molar-refractivity contribution in [3.63, 3.8) is 0 Å². The minimum absolute atomic E-state index is 1.11. The van der Waals surface area contributed by atoms with Crippen molar-refractivity contribution < 1.29 is 0 Å². The lowest BCUT2D eigenvalue weighted by atomic mass is 10.0. The molecule has 0 aromatic heterocycles. The fourth-order valence-electron chi connectivity index (χ4n) is 5.70. The van der Waals surface area contributed by atoms with E-state index in [9.17, 15) is 0 Å². The number of nitrogens with zero attached hydrogens (tertiary/aromatic N) is 2. The van der Waals surface area contributed by atoms with Gasteiger partial charge in [0.15, 0.2) is 0 Å². The van der Waals surface area contributed by atoms with Crippen molar-refractivity contribution in [1.82, 2.24) is 0 Å². The molecule has 0 aliphatic heterocycles. The molecule has 7 rings (SSSR count). The van der Waals surface area contributed by atoms with Gasteiger partial charge in [-0.2, -0.15) is 0 Å². The molecule has 0 spiro atoms. The van der Waals surface area contributed by atoms with Gasteiger partial charge in [-0.15, -0.1) is 0 Å². The van der Waals surface area contributed by atoms with Crippen LogP contribution in [-0.2, 0) is 0 Å². The molecule has 0 radical (unpaired) electrons. The van der Waals surface area contributed by atoms with E-state index in [0.29, 0.717) is 0 Å². The highest BCUT2D eigenvalue weighted by atomic mass is 15.1. The summed E-state index contributed by atoms with van der Waals surface area (Å²) in [6.07, 6.45) is 0. The highest BCUT2D eigenvalue weighted by Crippen LogP contribution is 2.38. The predicted octanol–water partition coefficient (Wildman–Crippen LogP) is 11.4. The van der Waals surface area contributed by atoms with Gasteiger partial charge in [-0.1, -0.05) is 115 Å². The van der Waals surface area contributed by atoms with E-state index < -0.39 is 0 Å². The van der Waals surface area contributed by atoms with Gasteiger partial charge in [-0.3, -0.25) is 0 Å². The first-order valence-corrected chi connectivity index (χ1v) is 14.7. The van der Waals surface area contributed by atoms with Crippen LogP contribution in [0.4, 0.5) is 28.4 Å². The molecule has 7 aromatic carbocycles. The Balaban J connectivity index is 1.24. The summed E-state index contributed by atoms with van der Waals surface area (Å²) >= 11 is 0. The van der Waals surface area contributed by atoms with Gasteiger partial charge in [0.05, 0.1) is 0 Å². The second-order valence-corrected chi connectivity index (χ2v) is 10.8. The van der Waals surface area contributed by atoms with Gasteiger partial charge in [0, 0.05) is 35.5 Å².